The SMILES string of the molecule is CC12CCC3c4ccc(O)cc4CCC3C1CC/C2=N\O. The summed E-state index contributed by atoms with van der Waals surface area (Å²) in [6.07, 6.45) is 6.71. The summed E-state index contributed by atoms with van der Waals surface area (Å²) >= 11 is 0. The van der Waals surface area contributed by atoms with Crippen LogP contribution in [-0.2, 0) is 6.42 Å². The van der Waals surface area contributed by atoms with E-state index in [9.17, 15) is 10.3 Å². The number of phenolic OH excluding ortho intramolecular Hbond substituents is 1. The molecular formula is C18H23NO2. The maximum Gasteiger partial charge on any atom is 0.115 e. The maximum absolute atomic E-state index is 9.70. The van der Waals surface area contributed by atoms with Gasteiger partial charge in [-0.3, -0.25) is 0 Å². The van der Waals surface area contributed by atoms with Crippen LogP contribution in [0.3, 0.4) is 0 Å². The Morgan fingerprint density at radius 3 is 2.86 bits per heavy atom. The molecule has 0 saturated heterocycles. The molecule has 0 aliphatic heterocycles. The van der Waals surface area contributed by atoms with E-state index < -0.39 is 0 Å². The molecule has 0 amide bonds. The molecule has 0 radical (unpaired) electrons. The van der Waals surface area contributed by atoms with Crippen LogP contribution in [-0.4, -0.2) is 16.0 Å². The van der Waals surface area contributed by atoms with Crippen LogP contribution in [0.2, 0.25) is 0 Å². The standard InChI is InChI=1S/C18H23NO2/c1-18-9-8-14-13-5-3-12(20)10-11(13)2-4-15(14)16(18)6-7-17(18)19-21/h3,5,10,14-16,20-21H,2,4,6-9H2,1H3/b19-17+. The van der Waals surface area contributed by atoms with Crippen molar-refractivity contribution in [3.8, 4) is 5.75 Å². The summed E-state index contributed by atoms with van der Waals surface area (Å²) in [5.74, 6) is 2.39. The van der Waals surface area contributed by atoms with Gasteiger partial charge in [0.15, 0.2) is 0 Å². The van der Waals surface area contributed by atoms with E-state index >= 15 is 0 Å². The lowest BCUT2D eigenvalue weighted by Crippen LogP contribution is -2.42. The number of rotatable bonds is 0. The van der Waals surface area contributed by atoms with Gasteiger partial charge in [0.2, 0.25) is 0 Å². The lowest BCUT2D eigenvalue weighted by atomic mass is 9.55. The van der Waals surface area contributed by atoms with E-state index in [0.29, 0.717) is 23.5 Å². The number of benzene rings is 1. The molecule has 1 aromatic rings. The van der Waals surface area contributed by atoms with Crippen molar-refractivity contribution in [1.29, 1.82) is 0 Å². The summed E-state index contributed by atoms with van der Waals surface area (Å²) in [6.45, 7) is 2.31. The van der Waals surface area contributed by atoms with Crippen LogP contribution in [0, 0.1) is 17.3 Å². The number of aromatic hydroxyl groups is 1. The molecule has 1 aromatic carbocycles. The van der Waals surface area contributed by atoms with Crippen molar-refractivity contribution >= 4 is 5.71 Å². The van der Waals surface area contributed by atoms with Gasteiger partial charge in [-0.1, -0.05) is 18.1 Å². The van der Waals surface area contributed by atoms with Gasteiger partial charge in [0, 0.05) is 5.41 Å². The highest BCUT2D eigenvalue weighted by molar-refractivity contribution is 5.92. The second-order valence-corrected chi connectivity index (χ2v) is 7.34. The third kappa shape index (κ3) is 1.76. The number of aryl methyl sites for hydroxylation is 1. The van der Waals surface area contributed by atoms with Crippen molar-refractivity contribution < 1.29 is 10.3 Å². The number of nitrogens with zero attached hydrogens (tertiary/aromatic N) is 1. The zero-order chi connectivity index (χ0) is 14.6. The van der Waals surface area contributed by atoms with Crippen molar-refractivity contribution in [3.05, 3.63) is 29.3 Å². The number of hydrogen-bond acceptors (Lipinski definition) is 3. The van der Waals surface area contributed by atoms with Crippen molar-refractivity contribution in [1.82, 2.24) is 0 Å². The van der Waals surface area contributed by atoms with Gasteiger partial charge in [0.05, 0.1) is 5.71 Å². The number of phenols is 1. The minimum atomic E-state index is 0.115. The average molecular weight is 285 g/mol. The zero-order valence-electron chi connectivity index (χ0n) is 12.5. The van der Waals surface area contributed by atoms with E-state index in [1.54, 1.807) is 0 Å². The van der Waals surface area contributed by atoms with Gasteiger partial charge in [-0.15, -0.1) is 0 Å². The quantitative estimate of drug-likeness (QED) is 0.557. The molecule has 0 bridgehead atoms. The topological polar surface area (TPSA) is 52.8 Å². The predicted molar refractivity (Wildman–Crippen MR) is 81.9 cm³/mol. The van der Waals surface area contributed by atoms with Gasteiger partial charge in [-0.2, -0.15) is 0 Å². The molecular weight excluding hydrogens is 262 g/mol. The summed E-state index contributed by atoms with van der Waals surface area (Å²) in [5.41, 5.74) is 3.95. The van der Waals surface area contributed by atoms with Crippen LogP contribution in [0.4, 0.5) is 0 Å². The Kier molecular flexibility index (Phi) is 2.82. The molecule has 2 saturated carbocycles. The highest BCUT2D eigenvalue weighted by Crippen LogP contribution is 2.59. The lowest BCUT2D eigenvalue weighted by Gasteiger charge is -2.48. The van der Waals surface area contributed by atoms with Gasteiger partial charge in [-0.05, 0) is 79.5 Å². The summed E-state index contributed by atoms with van der Waals surface area (Å²) in [4.78, 5) is 0. The zero-order valence-corrected chi connectivity index (χ0v) is 12.5. The van der Waals surface area contributed by atoms with Gasteiger partial charge >= 0.3 is 0 Å². The molecule has 0 spiro atoms. The number of hydrogen-bond donors (Lipinski definition) is 2. The first-order valence-electron chi connectivity index (χ1n) is 8.16. The van der Waals surface area contributed by atoms with Crippen LogP contribution in [0.5, 0.6) is 5.75 Å². The predicted octanol–water partition coefficient (Wildman–Crippen LogP) is 4.08. The summed E-state index contributed by atoms with van der Waals surface area (Å²) in [5, 5.41) is 22.6. The van der Waals surface area contributed by atoms with Crippen LogP contribution in [0.25, 0.3) is 0 Å². The van der Waals surface area contributed by atoms with Crippen LogP contribution < -0.4 is 0 Å². The Morgan fingerprint density at radius 2 is 2.05 bits per heavy atom. The fraction of sp³-hybridized carbons (Fsp3) is 0.611. The third-order valence-electron chi connectivity index (χ3n) is 6.57. The molecule has 2 fully saturated rings. The Labute approximate surface area is 125 Å². The smallest absolute Gasteiger partial charge is 0.115 e. The largest absolute Gasteiger partial charge is 0.508 e. The Balaban J connectivity index is 1.72. The van der Waals surface area contributed by atoms with E-state index in [1.165, 1.54) is 30.4 Å². The first kappa shape index (κ1) is 13.2. The van der Waals surface area contributed by atoms with Crippen LogP contribution >= 0.6 is 0 Å². The van der Waals surface area contributed by atoms with E-state index in [-0.39, 0.29) is 5.41 Å². The summed E-state index contributed by atoms with van der Waals surface area (Å²) in [7, 11) is 0. The van der Waals surface area contributed by atoms with E-state index in [1.807, 2.05) is 12.1 Å². The molecule has 3 aliphatic rings. The van der Waals surface area contributed by atoms with Crippen molar-refractivity contribution in [2.24, 2.45) is 22.4 Å². The second kappa shape index (κ2) is 4.49. The van der Waals surface area contributed by atoms with E-state index in [4.69, 9.17) is 0 Å². The first-order chi connectivity index (χ1) is 10.1. The van der Waals surface area contributed by atoms with E-state index in [2.05, 4.69) is 18.1 Å². The maximum atomic E-state index is 9.70. The highest BCUT2D eigenvalue weighted by atomic mass is 16.4. The lowest BCUT2D eigenvalue weighted by molar-refractivity contribution is 0.0938. The first-order valence-corrected chi connectivity index (χ1v) is 8.16. The molecule has 21 heavy (non-hydrogen) atoms. The van der Waals surface area contributed by atoms with Crippen LogP contribution in [0.15, 0.2) is 23.4 Å². The Bertz CT molecular complexity index is 609. The molecule has 2 N–H and O–H groups in total. The monoisotopic (exact) mass is 285 g/mol. The molecule has 3 aliphatic carbocycles. The molecule has 4 atom stereocenters. The molecule has 0 aromatic heterocycles. The number of oxime groups is 1. The molecule has 3 heteroatoms. The van der Waals surface area contributed by atoms with Gasteiger partial charge < -0.3 is 10.3 Å². The fourth-order valence-electron chi connectivity index (χ4n) is 5.52. The summed E-state index contributed by atoms with van der Waals surface area (Å²) < 4.78 is 0. The van der Waals surface area contributed by atoms with Crippen molar-refractivity contribution in [3.63, 3.8) is 0 Å². The number of fused-ring (bicyclic) bond motifs is 5. The average Bonchev–Trinajstić information content (AvgIpc) is 2.83. The van der Waals surface area contributed by atoms with Crippen molar-refractivity contribution in [2.75, 3.05) is 0 Å². The van der Waals surface area contributed by atoms with Crippen molar-refractivity contribution in [2.45, 2.75) is 51.4 Å². The van der Waals surface area contributed by atoms with Gasteiger partial charge in [0.1, 0.15) is 5.75 Å². The van der Waals surface area contributed by atoms with Crippen LogP contribution in [0.1, 0.15) is 56.1 Å². The Hall–Kier alpha value is -1.51. The third-order valence-corrected chi connectivity index (χ3v) is 6.57. The van der Waals surface area contributed by atoms with E-state index in [0.717, 1.165) is 25.0 Å². The molecule has 4 rings (SSSR count). The normalized spacial score (nSPS) is 39.7. The fourth-order valence-corrected chi connectivity index (χ4v) is 5.52. The molecule has 3 nitrogen and oxygen atoms in total. The molecule has 0 heterocycles. The molecule has 112 valence electrons. The highest BCUT2D eigenvalue weighted by Gasteiger charge is 2.53. The minimum Gasteiger partial charge on any atom is -0.508 e. The van der Waals surface area contributed by atoms with Gasteiger partial charge in [-0.25, -0.2) is 0 Å². The minimum absolute atomic E-state index is 0.115. The Morgan fingerprint density at radius 1 is 1.19 bits per heavy atom. The molecule has 4 unspecified atom stereocenters. The summed E-state index contributed by atoms with van der Waals surface area (Å²) in [6, 6.07) is 5.93. The second-order valence-electron chi connectivity index (χ2n) is 7.34. The van der Waals surface area contributed by atoms with Gasteiger partial charge in [0.25, 0.3) is 0 Å².